The summed E-state index contributed by atoms with van der Waals surface area (Å²) in [5.41, 5.74) is 3.17. The van der Waals surface area contributed by atoms with E-state index in [2.05, 4.69) is 32.3 Å². The van der Waals surface area contributed by atoms with Crippen LogP contribution in [0.3, 0.4) is 0 Å². The van der Waals surface area contributed by atoms with Crippen molar-refractivity contribution >= 4 is 45.0 Å². The summed E-state index contributed by atoms with van der Waals surface area (Å²) >= 11 is 15.8. The lowest BCUT2D eigenvalue weighted by Gasteiger charge is -2.19. The quantitative estimate of drug-likeness (QED) is 0.490. The molecular weight excluding hydrogens is 485 g/mol. The molecular formula is C23H16BrCl2N3O. The number of halogens is 3. The third-order valence-corrected chi connectivity index (χ3v) is 6.70. The highest BCUT2D eigenvalue weighted by atomic mass is 79.9. The molecule has 0 bridgehead atoms. The number of aromatic nitrogens is 1. The molecule has 1 aliphatic carbocycles. The van der Waals surface area contributed by atoms with Gasteiger partial charge in [0.25, 0.3) is 5.91 Å². The van der Waals surface area contributed by atoms with Crippen LogP contribution in [0.25, 0.3) is 0 Å². The summed E-state index contributed by atoms with van der Waals surface area (Å²) in [5, 5.41) is 13.2. The standard InChI is InChI=1S/C23H16BrCl2N3O/c1-13-8-14(2-3-15(13)11-27)22(30)29-21-10-23(21,20-7-5-17(24)12-28-20)16-4-6-18(25)19(26)9-16/h2-9,12,21H,10H2,1H3,(H,29,30). The van der Waals surface area contributed by atoms with E-state index in [9.17, 15) is 4.79 Å². The molecule has 1 fully saturated rings. The highest BCUT2D eigenvalue weighted by molar-refractivity contribution is 9.10. The van der Waals surface area contributed by atoms with Crippen LogP contribution in [0.15, 0.2) is 59.2 Å². The van der Waals surface area contributed by atoms with Gasteiger partial charge in [0.2, 0.25) is 0 Å². The minimum Gasteiger partial charge on any atom is -0.348 e. The van der Waals surface area contributed by atoms with E-state index in [-0.39, 0.29) is 11.9 Å². The van der Waals surface area contributed by atoms with Gasteiger partial charge in [-0.2, -0.15) is 5.26 Å². The van der Waals surface area contributed by atoms with Gasteiger partial charge >= 0.3 is 0 Å². The number of aryl methyl sites for hydroxylation is 1. The van der Waals surface area contributed by atoms with Gasteiger partial charge in [-0.3, -0.25) is 9.78 Å². The molecule has 3 aromatic rings. The molecule has 1 amide bonds. The molecule has 0 spiro atoms. The summed E-state index contributed by atoms with van der Waals surface area (Å²) in [4.78, 5) is 17.5. The second-order valence-corrected chi connectivity index (χ2v) is 9.06. The summed E-state index contributed by atoms with van der Waals surface area (Å²) in [7, 11) is 0. The lowest BCUT2D eigenvalue weighted by molar-refractivity contribution is 0.0948. The molecule has 4 rings (SSSR count). The highest BCUT2D eigenvalue weighted by Crippen LogP contribution is 2.54. The zero-order valence-electron chi connectivity index (χ0n) is 15.9. The number of hydrogen-bond acceptors (Lipinski definition) is 3. The number of amides is 1. The summed E-state index contributed by atoms with van der Waals surface area (Å²) in [6.45, 7) is 1.82. The lowest BCUT2D eigenvalue weighted by atomic mass is 9.90. The fraction of sp³-hybridized carbons (Fsp3) is 0.174. The maximum absolute atomic E-state index is 12.9. The normalized spacial score (nSPS) is 19.8. The molecule has 1 aliphatic rings. The van der Waals surface area contributed by atoms with Crippen molar-refractivity contribution in [1.82, 2.24) is 10.3 Å². The molecule has 7 heteroatoms. The number of carbonyl (C=O) groups excluding carboxylic acids is 1. The third kappa shape index (κ3) is 3.72. The van der Waals surface area contributed by atoms with E-state index in [1.54, 1.807) is 30.5 Å². The molecule has 1 saturated carbocycles. The topological polar surface area (TPSA) is 65.8 Å². The first-order valence-corrected chi connectivity index (χ1v) is 10.8. The van der Waals surface area contributed by atoms with Crippen LogP contribution in [-0.2, 0) is 5.41 Å². The van der Waals surface area contributed by atoms with Gasteiger partial charge in [-0.15, -0.1) is 0 Å². The minimum absolute atomic E-state index is 0.146. The monoisotopic (exact) mass is 499 g/mol. The Morgan fingerprint density at radius 2 is 2.00 bits per heavy atom. The zero-order valence-corrected chi connectivity index (χ0v) is 19.0. The van der Waals surface area contributed by atoms with Gasteiger partial charge in [-0.25, -0.2) is 0 Å². The van der Waals surface area contributed by atoms with Crippen molar-refractivity contribution in [1.29, 1.82) is 5.26 Å². The Morgan fingerprint density at radius 1 is 1.20 bits per heavy atom. The maximum atomic E-state index is 12.9. The van der Waals surface area contributed by atoms with Crippen LogP contribution in [0.2, 0.25) is 10.0 Å². The average Bonchev–Trinajstić information content (AvgIpc) is 3.45. The van der Waals surface area contributed by atoms with Crippen LogP contribution in [0.5, 0.6) is 0 Å². The number of rotatable bonds is 4. The largest absolute Gasteiger partial charge is 0.348 e. The first-order chi connectivity index (χ1) is 14.3. The van der Waals surface area contributed by atoms with E-state index in [1.807, 2.05) is 31.2 Å². The molecule has 2 aromatic carbocycles. The van der Waals surface area contributed by atoms with Gasteiger partial charge in [-0.05, 0) is 82.9 Å². The summed E-state index contributed by atoms with van der Waals surface area (Å²) in [6, 6.07) is 16.5. The van der Waals surface area contributed by atoms with Crippen LogP contribution in [0.4, 0.5) is 0 Å². The molecule has 4 nitrogen and oxygen atoms in total. The highest BCUT2D eigenvalue weighted by Gasteiger charge is 2.58. The van der Waals surface area contributed by atoms with E-state index in [1.165, 1.54) is 0 Å². The Labute approximate surface area is 193 Å². The molecule has 2 atom stereocenters. The Balaban J connectivity index is 1.67. The number of benzene rings is 2. The minimum atomic E-state index is -0.480. The van der Waals surface area contributed by atoms with E-state index >= 15 is 0 Å². The molecule has 30 heavy (non-hydrogen) atoms. The molecule has 150 valence electrons. The smallest absolute Gasteiger partial charge is 0.251 e. The van der Waals surface area contributed by atoms with Crippen LogP contribution in [0.1, 0.15) is 39.2 Å². The molecule has 1 heterocycles. The van der Waals surface area contributed by atoms with Crippen molar-refractivity contribution in [3.8, 4) is 6.07 Å². The van der Waals surface area contributed by atoms with Crippen LogP contribution >= 0.6 is 39.1 Å². The van der Waals surface area contributed by atoms with Crippen molar-refractivity contribution < 1.29 is 4.79 Å². The van der Waals surface area contributed by atoms with Gasteiger partial charge in [0.05, 0.1) is 32.8 Å². The first-order valence-electron chi connectivity index (χ1n) is 9.24. The van der Waals surface area contributed by atoms with Gasteiger partial charge < -0.3 is 5.32 Å². The van der Waals surface area contributed by atoms with E-state index < -0.39 is 5.41 Å². The average molecular weight is 501 g/mol. The second-order valence-electron chi connectivity index (χ2n) is 7.33. The first kappa shape index (κ1) is 20.9. The van der Waals surface area contributed by atoms with Crippen LogP contribution in [-0.4, -0.2) is 16.9 Å². The summed E-state index contributed by atoms with van der Waals surface area (Å²) in [5.74, 6) is -0.188. The molecule has 2 unspecified atom stereocenters. The molecule has 0 saturated heterocycles. The lowest BCUT2D eigenvalue weighted by Crippen LogP contribution is -2.32. The predicted molar refractivity (Wildman–Crippen MR) is 121 cm³/mol. The number of pyridine rings is 1. The number of nitriles is 1. The van der Waals surface area contributed by atoms with Crippen molar-refractivity contribution in [2.45, 2.75) is 24.8 Å². The Hall–Kier alpha value is -2.39. The maximum Gasteiger partial charge on any atom is 0.251 e. The zero-order chi connectivity index (χ0) is 21.5. The van der Waals surface area contributed by atoms with Crippen LogP contribution in [0, 0.1) is 18.3 Å². The Morgan fingerprint density at radius 3 is 2.63 bits per heavy atom. The van der Waals surface area contributed by atoms with Crippen molar-refractivity contribution in [2.75, 3.05) is 0 Å². The molecule has 1 aromatic heterocycles. The van der Waals surface area contributed by atoms with E-state index in [0.29, 0.717) is 27.6 Å². The predicted octanol–water partition coefficient (Wildman–Crippen LogP) is 5.82. The summed E-state index contributed by atoms with van der Waals surface area (Å²) < 4.78 is 0.879. The molecule has 0 radical (unpaired) electrons. The number of hydrogen-bond donors (Lipinski definition) is 1. The number of nitrogens with one attached hydrogen (secondary N) is 1. The third-order valence-electron chi connectivity index (χ3n) is 5.49. The van der Waals surface area contributed by atoms with Gasteiger partial charge in [-0.1, -0.05) is 29.3 Å². The van der Waals surface area contributed by atoms with Crippen molar-refractivity contribution in [3.63, 3.8) is 0 Å². The Kier molecular flexibility index (Phi) is 5.59. The van der Waals surface area contributed by atoms with Gasteiger partial charge in [0.1, 0.15) is 0 Å². The van der Waals surface area contributed by atoms with Crippen molar-refractivity contribution in [2.24, 2.45) is 0 Å². The summed E-state index contributed by atoms with van der Waals surface area (Å²) in [6.07, 6.45) is 2.44. The van der Waals surface area contributed by atoms with Crippen molar-refractivity contribution in [3.05, 3.63) is 97.2 Å². The SMILES string of the molecule is Cc1cc(C(=O)NC2CC2(c2ccc(Cl)c(Cl)c2)c2ccc(Br)cn2)ccc1C#N. The van der Waals surface area contributed by atoms with E-state index in [0.717, 1.165) is 21.3 Å². The second kappa shape index (κ2) is 8.03. The Bertz CT molecular complexity index is 1190. The fourth-order valence-electron chi connectivity index (χ4n) is 3.77. The van der Waals surface area contributed by atoms with Gasteiger partial charge in [0, 0.05) is 22.3 Å². The number of carbonyl (C=O) groups is 1. The van der Waals surface area contributed by atoms with Gasteiger partial charge in [0.15, 0.2) is 0 Å². The van der Waals surface area contributed by atoms with E-state index in [4.69, 9.17) is 28.5 Å². The molecule has 0 aliphatic heterocycles. The fourth-order valence-corrected chi connectivity index (χ4v) is 4.31. The van der Waals surface area contributed by atoms with Crippen LogP contribution < -0.4 is 5.32 Å². The number of nitrogens with zero attached hydrogens (tertiary/aromatic N) is 2. The molecule has 1 N–H and O–H groups in total.